The molecule has 1 amide bonds. The van der Waals surface area contributed by atoms with Crippen molar-refractivity contribution in [2.75, 3.05) is 19.0 Å². The number of anilines is 1. The average Bonchev–Trinajstić information content (AvgIpc) is 3.08. The molecule has 0 aromatic carbocycles. The summed E-state index contributed by atoms with van der Waals surface area (Å²) in [5.74, 6) is -1.09. The molecule has 0 fully saturated rings. The molecule has 30 heavy (non-hydrogen) atoms. The van der Waals surface area contributed by atoms with Gasteiger partial charge in [0.15, 0.2) is 6.61 Å². The van der Waals surface area contributed by atoms with Crippen LogP contribution < -0.4 is 5.32 Å². The predicted molar refractivity (Wildman–Crippen MR) is 114 cm³/mol. The normalized spacial score (nSPS) is 15.8. The van der Waals surface area contributed by atoms with E-state index in [9.17, 15) is 14.4 Å². The van der Waals surface area contributed by atoms with Gasteiger partial charge in [-0.2, -0.15) is 0 Å². The second kappa shape index (κ2) is 8.95. The van der Waals surface area contributed by atoms with E-state index in [0.29, 0.717) is 22.0 Å². The van der Waals surface area contributed by atoms with Crippen LogP contribution in [0, 0.1) is 11.3 Å². The maximum Gasteiger partial charge on any atom is 0.341 e. The Morgan fingerprint density at radius 3 is 2.53 bits per heavy atom. The summed E-state index contributed by atoms with van der Waals surface area (Å²) in [6, 6.07) is 3.02. The molecule has 2 aromatic rings. The van der Waals surface area contributed by atoms with Crippen LogP contribution in [-0.4, -0.2) is 36.5 Å². The third kappa shape index (κ3) is 4.87. The van der Waals surface area contributed by atoms with Crippen LogP contribution in [0.1, 0.15) is 58.3 Å². The molecule has 0 spiro atoms. The van der Waals surface area contributed by atoms with E-state index >= 15 is 0 Å². The van der Waals surface area contributed by atoms with Crippen molar-refractivity contribution in [3.8, 4) is 0 Å². The van der Waals surface area contributed by atoms with Crippen LogP contribution in [0.15, 0.2) is 24.5 Å². The van der Waals surface area contributed by atoms with Crippen molar-refractivity contribution in [3.63, 3.8) is 0 Å². The van der Waals surface area contributed by atoms with E-state index < -0.39 is 24.5 Å². The third-order valence-corrected chi connectivity index (χ3v) is 6.55. The van der Waals surface area contributed by atoms with E-state index in [1.807, 2.05) is 0 Å². The lowest BCUT2D eigenvalue weighted by atomic mass is 9.72. The first kappa shape index (κ1) is 22.0. The maximum atomic E-state index is 12.4. The fourth-order valence-electron chi connectivity index (χ4n) is 3.60. The molecule has 1 aliphatic carbocycles. The number of aromatic nitrogens is 1. The Hall–Kier alpha value is -2.74. The molecule has 3 rings (SSSR count). The molecule has 1 N–H and O–H groups in total. The molecule has 2 aromatic heterocycles. The summed E-state index contributed by atoms with van der Waals surface area (Å²) in [4.78, 5) is 41.8. The van der Waals surface area contributed by atoms with Crippen molar-refractivity contribution in [2.45, 2.75) is 40.0 Å². The maximum absolute atomic E-state index is 12.4. The van der Waals surface area contributed by atoms with Gasteiger partial charge in [0.05, 0.1) is 18.2 Å². The summed E-state index contributed by atoms with van der Waals surface area (Å²) in [5, 5.41) is 3.18. The van der Waals surface area contributed by atoms with Gasteiger partial charge in [-0.05, 0) is 48.3 Å². The second-order valence-corrected chi connectivity index (χ2v) is 9.47. The highest BCUT2D eigenvalue weighted by Crippen LogP contribution is 2.44. The number of hydrogen-bond donors (Lipinski definition) is 1. The highest BCUT2D eigenvalue weighted by molar-refractivity contribution is 7.17. The zero-order valence-electron chi connectivity index (χ0n) is 17.6. The molecule has 8 heteroatoms. The average molecular weight is 431 g/mol. The quantitative estimate of drug-likeness (QED) is 0.724. The summed E-state index contributed by atoms with van der Waals surface area (Å²) in [7, 11) is 1.33. The lowest BCUT2D eigenvalue weighted by molar-refractivity contribution is -0.119. The molecule has 0 saturated carbocycles. The SMILES string of the molecule is COC(=O)c1c(NC(=O)COC(=O)c2ccncc2)sc2c1CCC(C(C)(C)C)C2. The van der Waals surface area contributed by atoms with Crippen molar-refractivity contribution < 1.29 is 23.9 Å². The topological polar surface area (TPSA) is 94.6 Å². The van der Waals surface area contributed by atoms with Crippen molar-refractivity contribution in [1.29, 1.82) is 0 Å². The van der Waals surface area contributed by atoms with E-state index in [2.05, 4.69) is 31.1 Å². The van der Waals surface area contributed by atoms with Crippen LogP contribution in [0.2, 0.25) is 0 Å². The lowest BCUT2D eigenvalue weighted by Crippen LogP contribution is -2.26. The third-order valence-electron chi connectivity index (χ3n) is 5.38. The van der Waals surface area contributed by atoms with Gasteiger partial charge in [0.2, 0.25) is 0 Å². The molecule has 1 unspecified atom stereocenters. The van der Waals surface area contributed by atoms with E-state index in [1.54, 1.807) is 0 Å². The molecular formula is C22H26N2O5S. The van der Waals surface area contributed by atoms with Crippen molar-refractivity contribution in [2.24, 2.45) is 11.3 Å². The van der Waals surface area contributed by atoms with Gasteiger partial charge in [0, 0.05) is 17.3 Å². The number of methoxy groups -OCH3 is 1. The molecular weight excluding hydrogens is 404 g/mol. The summed E-state index contributed by atoms with van der Waals surface area (Å²) in [6.45, 7) is 6.21. The first-order chi connectivity index (χ1) is 14.2. The molecule has 7 nitrogen and oxygen atoms in total. The minimum absolute atomic E-state index is 0.164. The summed E-state index contributed by atoms with van der Waals surface area (Å²) in [5.41, 5.74) is 1.85. The number of pyridine rings is 1. The zero-order chi connectivity index (χ0) is 21.9. The van der Waals surface area contributed by atoms with Crippen LogP contribution in [-0.2, 0) is 27.1 Å². The van der Waals surface area contributed by atoms with Gasteiger partial charge in [0.1, 0.15) is 5.00 Å². The lowest BCUT2D eigenvalue weighted by Gasteiger charge is -2.33. The standard InChI is InChI=1S/C22H26N2O5S/c1-22(2,3)14-5-6-15-16(11-14)30-19(18(15)21(27)28-4)24-17(25)12-29-20(26)13-7-9-23-10-8-13/h7-10,14H,5-6,11-12H2,1-4H3,(H,24,25). The number of fused-ring (bicyclic) bond motifs is 1. The van der Waals surface area contributed by atoms with Crippen LogP contribution in [0.3, 0.4) is 0 Å². The van der Waals surface area contributed by atoms with Crippen LogP contribution in [0.4, 0.5) is 5.00 Å². The highest BCUT2D eigenvalue weighted by Gasteiger charge is 2.34. The highest BCUT2D eigenvalue weighted by atomic mass is 32.1. The number of rotatable bonds is 5. The first-order valence-corrected chi connectivity index (χ1v) is 10.6. The van der Waals surface area contributed by atoms with Crippen LogP contribution >= 0.6 is 11.3 Å². The largest absolute Gasteiger partial charge is 0.465 e. The summed E-state index contributed by atoms with van der Waals surface area (Å²) < 4.78 is 10.0. The fourth-order valence-corrected chi connectivity index (χ4v) is 4.93. The first-order valence-electron chi connectivity index (χ1n) is 9.80. The summed E-state index contributed by atoms with van der Waals surface area (Å²) in [6.07, 6.45) is 5.56. The van der Waals surface area contributed by atoms with Gasteiger partial charge >= 0.3 is 11.9 Å². The van der Waals surface area contributed by atoms with Crippen LogP contribution in [0.25, 0.3) is 0 Å². The molecule has 0 saturated heterocycles. The smallest absolute Gasteiger partial charge is 0.341 e. The molecule has 2 heterocycles. The number of carbonyl (C=O) groups excluding carboxylic acids is 3. The Morgan fingerprint density at radius 2 is 1.90 bits per heavy atom. The van der Waals surface area contributed by atoms with Gasteiger partial charge in [0.25, 0.3) is 5.91 Å². The Balaban J connectivity index is 1.73. The Bertz CT molecular complexity index is 946. The van der Waals surface area contributed by atoms with Crippen molar-refractivity contribution in [3.05, 3.63) is 46.1 Å². The van der Waals surface area contributed by atoms with Crippen molar-refractivity contribution >= 4 is 34.2 Å². The van der Waals surface area contributed by atoms with E-state index in [1.165, 1.54) is 43.0 Å². The zero-order valence-corrected chi connectivity index (χ0v) is 18.4. The van der Waals surface area contributed by atoms with Crippen molar-refractivity contribution in [1.82, 2.24) is 4.98 Å². The number of ether oxygens (including phenoxy) is 2. The van der Waals surface area contributed by atoms with Gasteiger partial charge < -0.3 is 14.8 Å². The van der Waals surface area contributed by atoms with Gasteiger partial charge in [-0.25, -0.2) is 9.59 Å². The minimum atomic E-state index is -0.612. The Morgan fingerprint density at radius 1 is 1.20 bits per heavy atom. The Labute approximate surface area is 179 Å². The molecule has 0 radical (unpaired) electrons. The predicted octanol–water partition coefficient (Wildman–Crippen LogP) is 3.88. The number of amides is 1. The number of esters is 2. The number of carbonyl (C=O) groups is 3. The monoisotopic (exact) mass is 430 g/mol. The number of nitrogens with one attached hydrogen (secondary N) is 1. The fraction of sp³-hybridized carbons (Fsp3) is 0.455. The molecule has 0 bridgehead atoms. The molecule has 1 atom stereocenters. The van der Waals surface area contributed by atoms with E-state index in [-0.39, 0.29) is 5.41 Å². The molecule has 0 aliphatic heterocycles. The second-order valence-electron chi connectivity index (χ2n) is 8.37. The molecule has 1 aliphatic rings. The van der Waals surface area contributed by atoms with Gasteiger partial charge in [-0.1, -0.05) is 20.8 Å². The minimum Gasteiger partial charge on any atom is -0.465 e. The number of hydrogen-bond acceptors (Lipinski definition) is 7. The van der Waals surface area contributed by atoms with Crippen LogP contribution in [0.5, 0.6) is 0 Å². The van der Waals surface area contributed by atoms with E-state index in [4.69, 9.17) is 9.47 Å². The Kier molecular flexibility index (Phi) is 6.55. The number of nitrogens with zero attached hydrogens (tertiary/aromatic N) is 1. The van der Waals surface area contributed by atoms with Gasteiger partial charge in [-0.3, -0.25) is 9.78 Å². The molecule has 160 valence electrons. The van der Waals surface area contributed by atoms with E-state index in [0.717, 1.165) is 29.7 Å². The summed E-state index contributed by atoms with van der Waals surface area (Å²) >= 11 is 1.40. The van der Waals surface area contributed by atoms with Gasteiger partial charge in [-0.15, -0.1) is 11.3 Å². The number of thiophene rings is 1.